The van der Waals surface area contributed by atoms with Gasteiger partial charge in [0, 0.05) is 6.54 Å². The van der Waals surface area contributed by atoms with Gasteiger partial charge in [-0.3, -0.25) is 4.79 Å². The standard InChI is InChI=1S/C10H14N2OS/c13-10(8-3-1-5-11-7-8)12-9-4-2-6-14-9/h2,4,6,8,11H,1,3,5,7H2,(H,12,13). The SMILES string of the molecule is O=C(Nc1cccs1)C1CCCNC1. The van der Waals surface area contributed by atoms with E-state index in [1.807, 2.05) is 17.5 Å². The summed E-state index contributed by atoms with van der Waals surface area (Å²) in [5.74, 6) is 0.297. The van der Waals surface area contributed by atoms with Crippen molar-refractivity contribution in [2.45, 2.75) is 12.8 Å². The number of nitrogens with one attached hydrogen (secondary N) is 2. The molecule has 1 unspecified atom stereocenters. The second-order valence-corrected chi connectivity index (χ2v) is 4.46. The van der Waals surface area contributed by atoms with Crippen molar-refractivity contribution in [3.05, 3.63) is 17.5 Å². The van der Waals surface area contributed by atoms with Crippen LogP contribution in [0.25, 0.3) is 0 Å². The number of carbonyl (C=O) groups excluding carboxylic acids is 1. The quantitative estimate of drug-likeness (QED) is 0.780. The molecule has 1 fully saturated rings. The van der Waals surface area contributed by atoms with Crippen LogP contribution in [0.2, 0.25) is 0 Å². The van der Waals surface area contributed by atoms with E-state index in [0.29, 0.717) is 0 Å². The van der Waals surface area contributed by atoms with Crippen LogP contribution in [-0.2, 0) is 4.79 Å². The van der Waals surface area contributed by atoms with Gasteiger partial charge in [0.15, 0.2) is 0 Å². The summed E-state index contributed by atoms with van der Waals surface area (Å²) in [5, 5.41) is 9.08. The van der Waals surface area contributed by atoms with Crippen LogP contribution in [-0.4, -0.2) is 19.0 Å². The maximum absolute atomic E-state index is 11.7. The molecule has 2 heterocycles. The van der Waals surface area contributed by atoms with Crippen molar-refractivity contribution in [2.24, 2.45) is 5.92 Å². The monoisotopic (exact) mass is 210 g/mol. The van der Waals surface area contributed by atoms with Crippen molar-refractivity contribution in [1.29, 1.82) is 0 Å². The average molecular weight is 210 g/mol. The Morgan fingerprint density at radius 1 is 1.64 bits per heavy atom. The Bertz CT molecular complexity index is 291. The molecular weight excluding hydrogens is 196 g/mol. The van der Waals surface area contributed by atoms with E-state index in [9.17, 15) is 4.79 Å². The fourth-order valence-corrected chi connectivity index (χ4v) is 2.27. The van der Waals surface area contributed by atoms with Gasteiger partial charge in [-0.15, -0.1) is 11.3 Å². The third kappa shape index (κ3) is 2.33. The summed E-state index contributed by atoms with van der Waals surface area (Å²) in [7, 11) is 0. The molecule has 1 aliphatic heterocycles. The first-order chi connectivity index (χ1) is 6.86. The lowest BCUT2D eigenvalue weighted by molar-refractivity contribution is -0.120. The zero-order valence-corrected chi connectivity index (χ0v) is 8.77. The molecule has 3 nitrogen and oxygen atoms in total. The summed E-state index contributed by atoms with van der Waals surface area (Å²) in [4.78, 5) is 11.7. The number of carbonyl (C=O) groups is 1. The van der Waals surface area contributed by atoms with E-state index in [1.165, 1.54) is 0 Å². The lowest BCUT2D eigenvalue weighted by Gasteiger charge is -2.21. The van der Waals surface area contributed by atoms with E-state index < -0.39 is 0 Å². The molecule has 0 radical (unpaired) electrons. The fourth-order valence-electron chi connectivity index (χ4n) is 1.65. The first-order valence-electron chi connectivity index (χ1n) is 4.91. The van der Waals surface area contributed by atoms with Crippen molar-refractivity contribution < 1.29 is 4.79 Å². The van der Waals surface area contributed by atoms with Gasteiger partial charge in [0.05, 0.1) is 10.9 Å². The summed E-state index contributed by atoms with van der Waals surface area (Å²) in [6.07, 6.45) is 2.10. The average Bonchev–Trinajstić information content (AvgIpc) is 2.72. The fraction of sp³-hybridized carbons (Fsp3) is 0.500. The minimum absolute atomic E-state index is 0.144. The van der Waals surface area contributed by atoms with Crippen LogP contribution in [0.5, 0.6) is 0 Å². The molecule has 0 bridgehead atoms. The van der Waals surface area contributed by atoms with E-state index in [0.717, 1.165) is 30.9 Å². The van der Waals surface area contributed by atoms with Gasteiger partial charge >= 0.3 is 0 Å². The number of hydrogen-bond donors (Lipinski definition) is 2. The van der Waals surface area contributed by atoms with Crippen LogP contribution in [0.4, 0.5) is 5.00 Å². The van der Waals surface area contributed by atoms with Gasteiger partial charge in [-0.05, 0) is 36.9 Å². The second kappa shape index (κ2) is 4.57. The van der Waals surface area contributed by atoms with Gasteiger partial charge < -0.3 is 10.6 Å². The first-order valence-corrected chi connectivity index (χ1v) is 5.79. The van der Waals surface area contributed by atoms with Crippen LogP contribution in [0.1, 0.15) is 12.8 Å². The van der Waals surface area contributed by atoms with Crippen LogP contribution < -0.4 is 10.6 Å². The predicted octanol–water partition coefficient (Wildman–Crippen LogP) is 1.69. The normalized spacial score (nSPS) is 21.9. The molecule has 2 rings (SSSR count). The molecule has 1 aliphatic rings. The van der Waals surface area contributed by atoms with E-state index in [-0.39, 0.29) is 11.8 Å². The number of piperidine rings is 1. The molecule has 0 aliphatic carbocycles. The topological polar surface area (TPSA) is 41.1 Å². The Balaban J connectivity index is 1.88. The minimum Gasteiger partial charge on any atom is -0.317 e. The maximum atomic E-state index is 11.7. The molecule has 1 amide bonds. The highest BCUT2D eigenvalue weighted by Gasteiger charge is 2.20. The molecule has 1 aromatic heterocycles. The van der Waals surface area contributed by atoms with Gasteiger partial charge in [-0.25, -0.2) is 0 Å². The van der Waals surface area contributed by atoms with Crippen LogP contribution in [0.15, 0.2) is 17.5 Å². The molecule has 0 saturated carbocycles. The highest BCUT2D eigenvalue weighted by molar-refractivity contribution is 7.14. The molecule has 2 N–H and O–H groups in total. The Hall–Kier alpha value is -0.870. The molecule has 0 spiro atoms. The number of thiophene rings is 1. The van der Waals surface area contributed by atoms with Gasteiger partial charge in [0.2, 0.25) is 5.91 Å². The molecule has 1 atom stereocenters. The van der Waals surface area contributed by atoms with Crippen LogP contribution in [0, 0.1) is 5.92 Å². The third-order valence-corrected chi connectivity index (χ3v) is 3.22. The van der Waals surface area contributed by atoms with Gasteiger partial charge in [0.1, 0.15) is 0 Å². The molecule has 14 heavy (non-hydrogen) atoms. The summed E-state index contributed by atoms with van der Waals surface area (Å²) in [6, 6.07) is 3.87. The van der Waals surface area contributed by atoms with E-state index >= 15 is 0 Å². The summed E-state index contributed by atoms with van der Waals surface area (Å²) >= 11 is 1.56. The Morgan fingerprint density at radius 2 is 2.57 bits per heavy atom. The van der Waals surface area contributed by atoms with E-state index in [1.54, 1.807) is 11.3 Å². The second-order valence-electron chi connectivity index (χ2n) is 3.51. The number of amides is 1. The molecule has 1 aromatic rings. The summed E-state index contributed by atoms with van der Waals surface area (Å²) in [6.45, 7) is 1.86. The van der Waals surface area contributed by atoms with Crippen molar-refractivity contribution >= 4 is 22.2 Å². The predicted molar refractivity (Wildman–Crippen MR) is 58.5 cm³/mol. The lowest BCUT2D eigenvalue weighted by atomic mass is 9.99. The number of anilines is 1. The van der Waals surface area contributed by atoms with Crippen molar-refractivity contribution in [1.82, 2.24) is 5.32 Å². The molecular formula is C10H14N2OS. The summed E-state index contributed by atoms with van der Waals surface area (Å²) < 4.78 is 0. The van der Waals surface area contributed by atoms with Crippen molar-refractivity contribution in [2.75, 3.05) is 18.4 Å². The highest BCUT2D eigenvalue weighted by Crippen LogP contribution is 2.18. The smallest absolute Gasteiger partial charge is 0.229 e. The van der Waals surface area contributed by atoms with E-state index in [4.69, 9.17) is 0 Å². The van der Waals surface area contributed by atoms with Crippen LogP contribution >= 0.6 is 11.3 Å². The maximum Gasteiger partial charge on any atom is 0.229 e. The Morgan fingerprint density at radius 3 is 3.21 bits per heavy atom. The zero-order valence-electron chi connectivity index (χ0n) is 7.95. The molecule has 1 saturated heterocycles. The van der Waals surface area contributed by atoms with Gasteiger partial charge in [-0.2, -0.15) is 0 Å². The molecule has 0 aromatic carbocycles. The molecule has 4 heteroatoms. The minimum atomic E-state index is 0.144. The number of hydrogen-bond acceptors (Lipinski definition) is 3. The van der Waals surface area contributed by atoms with Crippen LogP contribution in [0.3, 0.4) is 0 Å². The summed E-state index contributed by atoms with van der Waals surface area (Å²) in [5.41, 5.74) is 0. The number of rotatable bonds is 2. The third-order valence-electron chi connectivity index (χ3n) is 2.44. The molecule has 76 valence electrons. The Labute approximate surface area is 87.5 Å². The van der Waals surface area contributed by atoms with Crippen molar-refractivity contribution in [3.63, 3.8) is 0 Å². The highest BCUT2D eigenvalue weighted by atomic mass is 32.1. The van der Waals surface area contributed by atoms with Crippen molar-refractivity contribution in [3.8, 4) is 0 Å². The zero-order chi connectivity index (χ0) is 9.80. The Kier molecular flexibility index (Phi) is 3.16. The van der Waals surface area contributed by atoms with Gasteiger partial charge in [-0.1, -0.05) is 0 Å². The first kappa shape index (κ1) is 9.68. The van der Waals surface area contributed by atoms with E-state index in [2.05, 4.69) is 10.6 Å². The lowest BCUT2D eigenvalue weighted by Crippen LogP contribution is -2.37. The van der Waals surface area contributed by atoms with Gasteiger partial charge in [0.25, 0.3) is 0 Å². The largest absolute Gasteiger partial charge is 0.317 e.